The highest BCUT2D eigenvalue weighted by atomic mass is 19.1. The number of imide groups is 1. The van der Waals surface area contributed by atoms with Crippen molar-refractivity contribution in [2.75, 3.05) is 4.90 Å². The summed E-state index contributed by atoms with van der Waals surface area (Å²) in [5, 5.41) is 0. The highest BCUT2D eigenvalue weighted by Gasteiger charge is 2.37. The molecule has 1 heterocycles. The van der Waals surface area contributed by atoms with Gasteiger partial charge in [0.1, 0.15) is 5.82 Å². The van der Waals surface area contributed by atoms with Crippen molar-refractivity contribution < 1.29 is 23.6 Å². The number of carbonyl (C=O) groups is 3. The van der Waals surface area contributed by atoms with Crippen LogP contribution in [-0.4, -0.2) is 17.7 Å². The quantitative estimate of drug-likeness (QED) is 0.535. The lowest BCUT2D eigenvalue weighted by molar-refractivity contribution is 0.0233. The van der Waals surface area contributed by atoms with Crippen LogP contribution in [0.25, 0.3) is 0 Å². The van der Waals surface area contributed by atoms with Crippen LogP contribution in [0, 0.1) is 5.82 Å². The number of hydroxylamine groups is 1. The van der Waals surface area contributed by atoms with Gasteiger partial charge in [-0.15, -0.1) is 0 Å². The average molecular weight is 390 g/mol. The third-order valence-electron chi connectivity index (χ3n) is 4.48. The number of carbonyl (C=O) groups excluding carboxylic acids is 3. The van der Waals surface area contributed by atoms with E-state index < -0.39 is 23.5 Å². The first-order chi connectivity index (χ1) is 14.0. The van der Waals surface area contributed by atoms with Crippen LogP contribution < -0.4 is 10.4 Å². The molecule has 0 saturated carbocycles. The molecular weight excluding hydrogens is 375 g/mol. The lowest BCUT2D eigenvalue weighted by Crippen LogP contribution is -2.29. The number of nitrogens with one attached hydrogen (secondary N) is 1. The molecule has 0 spiro atoms. The van der Waals surface area contributed by atoms with E-state index in [1.165, 1.54) is 42.5 Å². The highest BCUT2D eigenvalue weighted by molar-refractivity contribution is 6.34. The predicted molar refractivity (Wildman–Crippen MR) is 103 cm³/mol. The molecule has 144 valence electrons. The molecule has 0 bridgehead atoms. The van der Waals surface area contributed by atoms with Crippen LogP contribution >= 0.6 is 0 Å². The summed E-state index contributed by atoms with van der Waals surface area (Å²) >= 11 is 0. The molecular formula is C22H15FN2O4. The van der Waals surface area contributed by atoms with Crippen molar-refractivity contribution in [3.05, 3.63) is 101 Å². The van der Waals surface area contributed by atoms with Crippen molar-refractivity contribution in [2.24, 2.45) is 0 Å². The monoisotopic (exact) mass is 390 g/mol. The van der Waals surface area contributed by atoms with E-state index in [1.807, 2.05) is 30.3 Å². The zero-order chi connectivity index (χ0) is 20.4. The Morgan fingerprint density at radius 2 is 1.59 bits per heavy atom. The first kappa shape index (κ1) is 18.5. The summed E-state index contributed by atoms with van der Waals surface area (Å²) in [6.07, 6.45) is 0. The summed E-state index contributed by atoms with van der Waals surface area (Å²) in [5.41, 5.74) is 3.94. The van der Waals surface area contributed by atoms with Crippen molar-refractivity contribution >= 4 is 23.4 Å². The van der Waals surface area contributed by atoms with Crippen molar-refractivity contribution in [2.45, 2.75) is 6.61 Å². The van der Waals surface area contributed by atoms with Crippen molar-refractivity contribution in [3.8, 4) is 0 Å². The lowest BCUT2D eigenvalue weighted by atomic mass is 10.1. The molecule has 6 nitrogen and oxygen atoms in total. The van der Waals surface area contributed by atoms with Gasteiger partial charge >= 0.3 is 0 Å². The minimum Gasteiger partial charge on any atom is -0.269 e. The van der Waals surface area contributed by atoms with E-state index in [0.29, 0.717) is 0 Å². The molecule has 0 saturated heterocycles. The van der Waals surface area contributed by atoms with E-state index in [-0.39, 0.29) is 29.0 Å². The van der Waals surface area contributed by atoms with Crippen LogP contribution in [0.15, 0.2) is 72.8 Å². The van der Waals surface area contributed by atoms with E-state index in [2.05, 4.69) is 5.48 Å². The highest BCUT2D eigenvalue weighted by Crippen LogP contribution is 2.29. The van der Waals surface area contributed by atoms with Crippen LogP contribution in [0.2, 0.25) is 0 Å². The second kappa shape index (κ2) is 7.65. The minimum atomic E-state index is -0.573. The number of benzene rings is 3. The van der Waals surface area contributed by atoms with Crippen LogP contribution in [0.1, 0.15) is 36.6 Å². The lowest BCUT2D eigenvalue weighted by Gasteiger charge is -2.13. The summed E-state index contributed by atoms with van der Waals surface area (Å²) in [6, 6.07) is 18.6. The number of anilines is 1. The normalized spacial score (nSPS) is 12.8. The van der Waals surface area contributed by atoms with Crippen LogP contribution in [0.5, 0.6) is 0 Å². The Balaban J connectivity index is 1.49. The van der Waals surface area contributed by atoms with Gasteiger partial charge in [0.25, 0.3) is 17.7 Å². The van der Waals surface area contributed by atoms with Crippen molar-refractivity contribution in [1.29, 1.82) is 0 Å². The van der Waals surface area contributed by atoms with Gasteiger partial charge in [-0.1, -0.05) is 30.3 Å². The van der Waals surface area contributed by atoms with Crippen LogP contribution in [0.3, 0.4) is 0 Å². The van der Waals surface area contributed by atoms with Gasteiger partial charge in [0.15, 0.2) is 0 Å². The number of fused-ring (bicyclic) bond motifs is 1. The second-order valence-electron chi connectivity index (χ2n) is 6.39. The summed E-state index contributed by atoms with van der Waals surface area (Å²) in [7, 11) is 0. The van der Waals surface area contributed by atoms with Gasteiger partial charge in [-0.05, 0) is 48.0 Å². The largest absolute Gasteiger partial charge is 0.274 e. The molecule has 3 aromatic carbocycles. The summed E-state index contributed by atoms with van der Waals surface area (Å²) in [6.45, 7) is 0.188. The molecule has 0 radical (unpaired) electrons. The van der Waals surface area contributed by atoms with E-state index in [0.717, 1.165) is 10.5 Å². The Labute approximate surface area is 165 Å². The molecule has 1 aliphatic heterocycles. The summed E-state index contributed by atoms with van der Waals surface area (Å²) in [5.74, 6) is -2.11. The maximum absolute atomic E-state index is 13.1. The van der Waals surface area contributed by atoms with E-state index in [1.54, 1.807) is 0 Å². The molecule has 1 aliphatic rings. The van der Waals surface area contributed by atoms with Gasteiger partial charge in [-0.3, -0.25) is 19.2 Å². The summed E-state index contributed by atoms with van der Waals surface area (Å²) in [4.78, 5) is 43.8. The Morgan fingerprint density at radius 3 is 2.31 bits per heavy atom. The molecule has 1 N–H and O–H groups in total. The first-order valence-electron chi connectivity index (χ1n) is 8.79. The van der Waals surface area contributed by atoms with Gasteiger partial charge in [0.2, 0.25) is 0 Å². The second-order valence-corrected chi connectivity index (χ2v) is 6.39. The molecule has 0 atom stereocenters. The molecule has 0 aliphatic carbocycles. The SMILES string of the molecule is O=C(NOCc1ccccc1)c1ccc2c(c1)C(=O)N(c1ccc(F)cc1)C2=O. The Hall–Kier alpha value is -3.84. The molecule has 0 fully saturated rings. The molecule has 3 amide bonds. The van der Waals surface area contributed by atoms with Crippen molar-refractivity contribution in [3.63, 3.8) is 0 Å². The predicted octanol–water partition coefficient (Wildman–Crippen LogP) is 3.49. The van der Waals surface area contributed by atoms with Gasteiger partial charge in [0, 0.05) is 5.56 Å². The average Bonchev–Trinajstić information content (AvgIpc) is 2.99. The fourth-order valence-electron chi connectivity index (χ4n) is 3.02. The molecule has 0 aromatic heterocycles. The molecule has 3 aromatic rings. The molecule has 4 rings (SSSR count). The van der Waals surface area contributed by atoms with Gasteiger partial charge in [0.05, 0.1) is 23.4 Å². The van der Waals surface area contributed by atoms with Gasteiger partial charge < -0.3 is 0 Å². The Morgan fingerprint density at radius 1 is 0.897 bits per heavy atom. The number of nitrogens with zero attached hydrogens (tertiary/aromatic N) is 1. The standard InChI is InChI=1S/C22H15FN2O4/c23-16-7-9-17(10-8-16)25-21(27)18-11-6-15(12-19(18)22(25)28)20(26)24-29-13-14-4-2-1-3-5-14/h1-12H,13H2,(H,24,26). The number of hydrogen-bond acceptors (Lipinski definition) is 4. The number of amides is 3. The molecule has 7 heteroatoms. The van der Waals surface area contributed by atoms with Gasteiger partial charge in [-0.25, -0.2) is 14.8 Å². The zero-order valence-corrected chi connectivity index (χ0v) is 15.1. The number of rotatable bonds is 5. The van der Waals surface area contributed by atoms with E-state index >= 15 is 0 Å². The number of hydrogen-bond donors (Lipinski definition) is 1. The topological polar surface area (TPSA) is 75.7 Å². The fourth-order valence-corrected chi connectivity index (χ4v) is 3.02. The Kier molecular flexibility index (Phi) is 4.88. The fraction of sp³-hybridized carbons (Fsp3) is 0.0455. The maximum Gasteiger partial charge on any atom is 0.274 e. The smallest absolute Gasteiger partial charge is 0.269 e. The first-order valence-corrected chi connectivity index (χ1v) is 8.79. The van der Waals surface area contributed by atoms with Crippen molar-refractivity contribution in [1.82, 2.24) is 5.48 Å². The third-order valence-corrected chi connectivity index (χ3v) is 4.48. The van der Waals surface area contributed by atoms with Gasteiger partial charge in [-0.2, -0.15) is 0 Å². The maximum atomic E-state index is 13.1. The van der Waals surface area contributed by atoms with E-state index in [9.17, 15) is 18.8 Å². The minimum absolute atomic E-state index is 0.107. The molecule has 29 heavy (non-hydrogen) atoms. The number of halogens is 1. The van der Waals surface area contributed by atoms with Crippen LogP contribution in [-0.2, 0) is 11.4 Å². The zero-order valence-electron chi connectivity index (χ0n) is 15.1. The summed E-state index contributed by atoms with van der Waals surface area (Å²) < 4.78 is 13.1. The van der Waals surface area contributed by atoms with E-state index in [4.69, 9.17) is 4.84 Å². The van der Waals surface area contributed by atoms with Crippen LogP contribution in [0.4, 0.5) is 10.1 Å². The molecule has 0 unspecified atom stereocenters. The Bertz CT molecular complexity index is 1100. The third kappa shape index (κ3) is 3.63.